The van der Waals surface area contributed by atoms with Gasteiger partial charge in [0.05, 0.1) is 0 Å². The van der Waals surface area contributed by atoms with E-state index in [0.29, 0.717) is 6.54 Å². The highest BCUT2D eigenvalue weighted by molar-refractivity contribution is 5.35. The van der Waals surface area contributed by atoms with Crippen LogP contribution in [-0.4, -0.2) is 11.2 Å². The molecule has 0 amide bonds. The quantitative estimate of drug-likeness (QED) is 0.876. The molecular weight excluding hydrogens is 262 g/mol. The summed E-state index contributed by atoms with van der Waals surface area (Å²) in [6, 6.07) is 10.7. The van der Waals surface area contributed by atoms with Crippen LogP contribution in [0, 0.1) is 0 Å². The van der Waals surface area contributed by atoms with Gasteiger partial charge < -0.3 is 14.6 Å². The van der Waals surface area contributed by atoms with Crippen LogP contribution in [0.5, 0.6) is 5.75 Å². The van der Waals surface area contributed by atoms with Gasteiger partial charge in [0, 0.05) is 37.1 Å². The molecular formula is C15H18F2N2O. The Balaban J connectivity index is 2.05. The van der Waals surface area contributed by atoms with Gasteiger partial charge >= 0.3 is 6.61 Å². The van der Waals surface area contributed by atoms with E-state index in [0.717, 1.165) is 11.3 Å². The van der Waals surface area contributed by atoms with E-state index in [1.807, 2.05) is 42.9 Å². The van der Waals surface area contributed by atoms with E-state index in [4.69, 9.17) is 0 Å². The van der Waals surface area contributed by atoms with Gasteiger partial charge in [-0.2, -0.15) is 8.78 Å². The molecule has 2 rings (SSSR count). The average molecular weight is 280 g/mol. The van der Waals surface area contributed by atoms with Crippen LogP contribution in [0.2, 0.25) is 0 Å². The highest BCUT2D eigenvalue weighted by Gasteiger charge is 2.14. The second-order valence-electron chi connectivity index (χ2n) is 4.63. The van der Waals surface area contributed by atoms with Crippen molar-refractivity contribution in [2.24, 2.45) is 7.05 Å². The number of hydrogen-bond acceptors (Lipinski definition) is 2. The number of rotatable bonds is 6. The summed E-state index contributed by atoms with van der Waals surface area (Å²) in [7, 11) is 1.97. The zero-order valence-electron chi connectivity index (χ0n) is 11.5. The molecule has 3 nitrogen and oxygen atoms in total. The molecule has 1 heterocycles. The van der Waals surface area contributed by atoms with Crippen molar-refractivity contribution in [3.63, 3.8) is 0 Å². The third-order valence-corrected chi connectivity index (χ3v) is 3.24. The Bertz CT molecular complexity index is 554. The number of halogens is 2. The largest absolute Gasteiger partial charge is 0.434 e. The van der Waals surface area contributed by atoms with Gasteiger partial charge in [-0.3, -0.25) is 0 Å². The number of nitrogens with zero attached hydrogens (tertiary/aromatic N) is 1. The summed E-state index contributed by atoms with van der Waals surface area (Å²) in [5.41, 5.74) is 1.85. The summed E-state index contributed by atoms with van der Waals surface area (Å²) in [5.74, 6) is 0.217. The summed E-state index contributed by atoms with van der Waals surface area (Å²) >= 11 is 0. The van der Waals surface area contributed by atoms with E-state index in [9.17, 15) is 8.78 Å². The Morgan fingerprint density at radius 3 is 2.60 bits per heavy atom. The molecule has 1 N–H and O–H groups in total. The third kappa shape index (κ3) is 3.57. The van der Waals surface area contributed by atoms with Crippen molar-refractivity contribution in [3.05, 3.63) is 53.9 Å². The topological polar surface area (TPSA) is 26.2 Å². The second-order valence-corrected chi connectivity index (χ2v) is 4.63. The molecule has 20 heavy (non-hydrogen) atoms. The Morgan fingerprint density at radius 2 is 1.95 bits per heavy atom. The zero-order valence-corrected chi connectivity index (χ0v) is 11.5. The van der Waals surface area contributed by atoms with Crippen molar-refractivity contribution in [3.8, 4) is 5.75 Å². The molecule has 0 radical (unpaired) electrons. The molecule has 1 atom stereocenters. The molecule has 0 aliphatic rings. The normalized spacial score (nSPS) is 12.7. The lowest BCUT2D eigenvalue weighted by atomic mass is 10.1. The summed E-state index contributed by atoms with van der Waals surface area (Å²) in [6.45, 7) is -0.221. The van der Waals surface area contributed by atoms with Gasteiger partial charge in [-0.25, -0.2) is 0 Å². The minimum atomic E-state index is -2.81. The number of aryl methyl sites for hydroxylation is 1. The highest BCUT2D eigenvalue weighted by Crippen LogP contribution is 2.26. The average Bonchev–Trinajstić information content (AvgIpc) is 2.81. The molecule has 108 valence electrons. The van der Waals surface area contributed by atoms with E-state index >= 15 is 0 Å². The Morgan fingerprint density at radius 1 is 1.20 bits per heavy atom. The van der Waals surface area contributed by atoms with E-state index < -0.39 is 6.61 Å². The molecule has 2 aromatic rings. The number of ether oxygens (including phenoxy) is 1. The Hall–Kier alpha value is -1.88. The van der Waals surface area contributed by atoms with Crippen LogP contribution in [0.15, 0.2) is 42.6 Å². The Kier molecular flexibility index (Phi) is 4.74. The molecule has 0 bridgehead atoms. The number of benzene rings is 1. The summed E-state index contributed by atoms with van der Waals surface area (Å²) < 4.78 is 31.3. The summed E-state index contributed by atoms with van der Waals surface area (Å²) in [5, 5.41) is 3.31. The lowest BCUT2D eigenvalue weighted by Crippen LogP contribution is -2.20. The van der Waals surface area contributed by atoms with Crippen LogP contribution in [0.3, 0.4) is 0 Å². The minimum Gasteiger partial charge on any atom is -0.434 e. The molecule has 1 aromatic carbocycles. The molecule has 0 saturated carbocycles. The van der Waals surface area contributed by atoms with E-state index in [-0.39, 0.29) is 11.8 Å². The van der Waals surface area contributed by atoms with Crippen molar-refractivity contribution in [1.82, 2.24) is 9.88 Å². The van der Waals surface area contributed by atoms with Gasteiger partial charge in [0.1, 0.15) is 5.75 Å². The molecule has 0 saturated heterocycles. The monoisotopic (exact) mass is 280 g/mol. The lowest BCUT2D eigenvalue weighted by Gasteiger charge is -2.18. The van der Waals surface area contributed by atoms with Gasteiger partial charge in [-0.15, -0.1) is 0 Å². The van der Waals surface area contributed by atoms with Gasteiger partial charge in [-0.1, -0.05) is 18.2 Å². The first kappa shape index (κ1) is 14.5. The number of hydrogen-bond donors (Lipinski definition) is 1. The van der Waals surface area contributed by atoms with Gasteiger partial charge in [0.25, 0.3) is 0 Å². The highest BCUT2D eigenvalue weighted by atomic mass is 19.3. The first-order valence-corrected chi connectivity index (χ1v) is 6.45. The molecule has 5 heteroatoms. The van der Waals surface area contributed by atoms with E-state index in [1.54, 1.807) is 18.2 Å². The molecule has 0 fully saturated rings. The third-order valence-electron chi connectivity index (χ3n) is 3.24. The predicted molar refractivity (Wildman–Crippen MR) is 73.7 cm³/mol. The van der Waals surface area contributed by atoms with Crippen LogP contribution in [0.4, 0.5) is 8.78 Å². The van der Waals surface area contributed by atoms with Crippen LogP contribution in [0.25, 0.3) is 0 Å². The van der Waals surface area contributed by atoms with Crippen molar-refractivity contribution in [2.75, 3.05) is 0 Å². The van der Waals surface area contributed by atoms with Crippen LogP contribution in [0.1, 0.15) is 24.2 Å². The van der Waals surface area contributed by atoms with Crippen LogP contribution in [-0.2, 0) is 13.6 Å². The van der Waals surface area contributed by atoms with Crippen LogP contribution < -0.4 is 10.1 Å². The maximum Gasteiger partial charge on any atom is 0.387 e. The number of nitrogens with one attached hydrogen (secondary N) is 1. The molecule has 1 unspecified atom stereocenters. The summed E-state index contributed by atoms with van der Waals surface area (Å²) in [4.78, 5) is 0. The van der Waals surface area contributed by atoms with Crippen molar-refractivity contribution in [2.45, 2.75) is 26.1 Å². The standard InChI is InChI=1S/C15H18F2N2O/c1-11(18-10-12-6-5-9-19(12)2)13-7-3-4-8-14(13)20-15(16)17/h3-9,11,15,18H,10H2,1-2H3. The zero-order chi connectivity index (χ0) is 14.5. The van der Waals surface area contributed by atoms with Gasteiger partial charge in [0.15, 0.2) is 0 Å². The van der Waals surface area contributed by atoms with Crippen molar-refractivity contribution >= 4 is 0 Å². The smallest absolute Gasteiger partial charge is 0.387 e. The number of alkyl halides is 2. The minimum absolute atomic E-state index is 0.0835. The predicted octanol–water partition coefficient (Wildman–Crippen LogP) is 3.48. The maximum absolute atomic E-state index is 12.4. The maximum atomic E-state index is 12.4. The number of para-hydroxylation sites is 1. The van der Waals surface area contributed by atoms with Crippen molar-refractivity contribution in [1.29, 1.82) is 0 Å². The Labute approximate surface area is 117 Å². The molecule has 0 aliphatic heterocycles. The molecule has 0 aliphatic carbocycles. The van der Waals surface area contributed by atoms with E-state index in [2.05, 4.69) is 10.1 Å². The first-order chi connectivity index (χ1) is 9.58. The van der Waals surface area contributed by atoms with Crippen molar-refractivity contribution < 1.29 is 13.5 Å². The van der Waals surface area contributed by atoms with Crippen LogP contribution >= 0.6 is 0 Å². The molecule has 1 aromatic heterocycles. The number of aromatic nitrogens is 1. The molecule has 0 spiro atoms. The second kappa shape index (κ2) is 6.52. The van der Waals surface area contributed by atoms with E-state index in [1.165, 1.54) is 0 Å². The summed E-state index contributed by atoms with van der Waals surface area (Å²) in [6.07, 6.45) is 1.97. The fraction of sp³-hybridized carbons (Fsp3) is 0.333. The fourth-order valence-corrected chi connectivity index (χ4v) is 2.09. The first-order valence-electron chi connectivity index (χ1n) is 6.45. The van der Waals surface area contributed by atoms with Gasteiger partial charge in [0.2, 0.25) is 0 Å². The lowest BCUT2D eigenvalue weighted by molar-refractivity contribution is -0.0506. The van der Waals surface area contributed by atoms with Gasteiger partial charge in [-0.05, 0) is 25.1 Å². The SMILES string of the molecule is CC(NCc1cccn1C)c1ccccc1OC(F)F. The fourth-order valence-electron chi connectivity index (χ4n) is 2.09.